The van der Waals surface area contributed by atoms with Gasteiger partial charge in [-0.15, -0.1) is 0 Å². The van der Waals surface area contributed by atoms with Gasteiger partial charge in [0.1, 0.15) is 11.3 Å². The van der Waals surface area contributed by atoms with Crippen LogP contribution in [0, 0.1) is 12.8 Å². The Balaban J connectivity index is 1.74. The van der Waals surface area contributed by atoms with Gasteiger partial charge in [-0.2, -0.15) is 0 Å². The minimum atomic E-state index is -0.512. The number of amides is 1. The van der Waals surface area contributed by atoms with E-state index in [1.807, 2.05) is 57.2 Å². The first kappa shape index (κ1) is 24.0. The molecule has 2 heterocycles. The fourth-order valence-electron chi connectivity index (χ4n) is 4.27. The molecule has 0 saturated carbocycles. The molecule has 6 nitrogen and oxygen atoms in total. The summed E-state index contributed by atoms with van der Waals surface area (Å²) in [5.74, 6) is 1.06. The summed E-state index contributed by atoms with van der Waals surface area (Å²) in [5.41, 5.74) is 2.51. The second kappa shape index (κ2) is 10.0. The van der Waals surface area contributed by atoms with Crippen LogP contribution in [0.4, 0.5) is 0 Å². The molecule has 0 aliphatic carbocycles. The largest absolute Gasteiger partial charge is 0.493 e. The van der Waals surface area contributed by atoms with Gasteiger partial charge in [0.25, 0.3) is 5.91 Å². The highest BCUT2D eigenvalue weighted by Crippen LogP contribution is 2.38. The van der Waals surface area contributed by atoms with Gasteiger partial charge in [-0.3, -0.25) is 9.59 Å². The highest BCUT2D eigenvalue weighted by Gasteiger charge is 2.42. The van der Waals surface area contributed by atoms with Crippen LogP contribution in [0.15, 0.2) is 51.7 Å². The molecule has 1 atom stereocenters. The van der Waals surface area contributed by atoms with Crippen LogP contribution in [0.3, 0.4) is 0 Å². The minimum absolute atomic E-state index is 0.123. The predicted octanol–water partition coefficient (Wildman–Crippen LogP) is 5.50. The fourth-order valence-corrected chi connectivity index (χ4v) is 4.27. The topological polar surface area (TPSA) is 69.0 Å². The van der Waals surface area contributed by atoms with Crippen molar-refractivity contribution in [2.24, 2.45) is 5.92 Å². The standard InChI is InChI=1S/C28H33NO5/c1-17(2)16-33-21-10-8-20(9-11-21)25-24-26(30)22-15-19(5)7-12-23(22)34-27(24)28(31)29(25)13-6-14-32-18(3)4/h7-12,15,17-18,25H,6,13-14,16H2,1-5H3/t25-/m0/s1. The van der Waals surface area contributed by atoms with Gasteiger partial charge in [-0.25, -0.2) is 0 Å². The molecule has 180 valence electrons. The molecule has 1 aliphatic rings. The molecule has 6 heteroatoms. The molecule has 1 amide bonds. The Morgan fingerprint density at radius 3 is 2.44 bits per heavy atom. The number of aryl methyl sites for hydroxylation is 1. The minimum Gasteiger partial charge on any atom is -0.493 e. The van der Waals surface area contributed by atoms with Crippen LogP contribution >= 0.6 is 0 Å². The lowest BCUT2D eigenvalue weighted by molar-refractivity contribution is 0.0593. The van der Waals surface area contributed by atoms with Gasteiger partial charge in [0.2, 0.25) is 5.76 Å². The van der Waals surface area contributed by atoms with Gasteiger partial charge in [0, 0.05) is 13.2 Å². The molecule has 1 aliphatic heterocycles. The van der Waals surface area contributed by atoms with Gasteiger partial charge < -0.3 is 18.8 Å². The summed E-state index contributed by atoms with van der Waals surface area (Å²) < 4.78 is 17.5. The zero-order valence-corrected chi connectivity index (χ0v) is 20.6. The van der Waals surface area contributed by atoms with Crippen molar-refractivity contribution in [3.63, 3.8) is 0 Å². The van der Waals surface area contributed by atoms with Gasteiger partial charge in [-0.05, 0) is 62.9 Å². The lowest BCUT2D eigenvalue weighted by atomic mass is 9.98. The number of fused-ring (bicyclic) bond motifs is 2. The summed E-state index contributed by atoms with van der Waals surface area (Å²) in [6.07, 6.45) is 0.786. The third kappa shape index (κ3) is 4.87. The molecule has 0 radical (unpaired) electrons. The Morgan fingerprint density at radius 1 is 1.03 bits per heavy atom. The lowest BCUT2D eigenvalue weighted by Crippen LogP contribution is -2.31. The molecule has 4 rings (SSSR count). The van der Waals surface area contributed by atoms with E-state index in [1.54, 1.807) is 11.0 Å². The quantitative estimate of drug-likeness (QED) is 0.392. The average Bonchev–Trinajstić information content (AvgIpc) is 3.08. The molecule has 0 unspecified atom stereocenters. The molecule has 3 aromatic rings. The number of hydrogen-bond acceptors (Lipinski definition) is 5. The van der Waals surface area contributed by atoms with Crippen molar-refractivity contribution in [1.82, 2.24) is 4.90 Å². The molecule has 0 bridgehead atoms. The smallest absolute Gasteiger partial charge is 0.290 e. The Hall–Kier alpha value is -3.12. The Bertz CT molecular complexity index is 1230. The van der Waals surface area contributed by atoms with Crippen LogP contribution in [-0.4, -0.2) is 36.7 Å². The van der Waals surface area contributed by atoms with Crippen molar-refractivity contribution >= 4 is 16.9 Å². The van der Waals surface area contributed by atoms with Crippen LogP contribution in [0.25, 0.3) is 11.0 Å². The van der Waals surface area contributed by atoms with Gasteiger partial charge >= 0.3 is 0 Å². The second-order valence-electron chi connectivity index (χ2n) is 9.62. The van der Waals surface area contributed by atoms with Gasteiger partial charge in [0.05, 0.1) is 29.7 Å². The van der Waals surface area contributed by atoms with E-state index in [4.69, 9.17) is 13.9 Å². The molecule has 0 N–H and O–H groups in total. The van der Waals surface area contributed by atoms with Crippen molar-refractivity contribution < 1.29 is 18.7 Å². The fraction of sp³-hybridized carbons (Fsp3) is 0.429. The summed E-state index contributed by atoms with van der Waals surface area (Å²) in [5, 5.41) is 0.499. The maximum Gasteiger partial charge on any atom is 0.290 e. The Morgan fingerprint density at radius 2 is 1.76 bits per heavy atom. The summed E-state index contributed by atoms with van der Waals surface area (Å²) in [7, 11) is 0. The van der Waals surface area contributed by atoms with E-state index in [0.29, 0.717) is 48.6 Å². The highest BCUT2D eigenvalue weighted by atomic mass is 16.5. The van der Waals surface area contributed by atoms with E-state index >= 15 is 0 Å². The summed E-state index contributed by atoms with van der Waals surface area (Å²) in [6, 6.07) is 12.6. The van der Waals surface area contributed by atoms with E-state index in [0.717, 1.165) is 16.9 Å². The highest BCUT2D eigenvalue weighted by molar-refractivity contribution is 5.99. The lowest BCUT2D eigenvalue weighted by Gasteiger charge is -2.25. The number of ether oxygens (including phenoxy) is 2. The van der Waals surface area contributed by atoms with Crippen molar-refractivity contribution in [3.8, 4) is 5.75 Å². The first-order chi connectivity index (χ1) is 16.3. The number of rotatable bonds is 9. The SMILES string of the molecule is Cc1ccc2oc3c(c(=O)c2c1)[C@H](c1ccc(OCC(C)C)cc1)N(CCCOC(C)C)C3=O. The molecular formula is C28H33NO5. The van der Waals surface area contributed by atoms with E-state index in [1.165, 1.54) is 0 Å². The maximum atomic E-state index is 13.6. The van der Waals surface area contributed by atoms with E-state index in [2.05, 4.69) is 13.8 Å². The predicted molar refractivity (Wildman–Crippen MR) is 133 cm³/mol. The summed E-state index contributed by atoms with van der Waals surface area (Å²) in [4.78, 5) is 28.8. The van der Waals surface area contributed by atoms with E-state index in [-0.39, 0.29) is 23.2 Å². The van der Waals surface area contributed by atoms with Crippen LogP contribution in [0.2, 0.25) is 0 Å². The van der Waals surface area contributed by atoms with Crippen LogP contribution in [0.5, 0.6) is 5.75 Å². The van der Waals surface area contributed by atoms with Gasteiger partial charge in [-0.1, -0.05) is 37.6 Å². The number of nitrogens with zero attached hydrogens (tertiary/aromatic N) is 1. The molecule has 2 aromatic carbocycles. The summed E-state index contributed by atoms with van der Waals surface area (Å²) >= 11 is 0. The molecule has 1 aromatic heterocycles. The van der Waals surface area contributed by atoms with Crippen LogP contribution in [-0.2, 0) is 4.74 Å². The first-order valence-corrected chi connectivity index (χ1v) is 12.0. The van der Waals surface area contributed by atoms with Crippen molar-refractivity contribution in [2.45, 2.75) is 53.2 Å². The first-order valence-electron chi connectivity index (χ1n) is 12.0. The molecule has 34 heavy (non-hydrogen) atoms. The third-order valence-electron chi connectivity index (χ3n) is 5.89. The Kier molecular flexibility index (Phi) is 7.08. The van der Waals surface area contributed by atoms with E-state index < -0.39 is 6.04 Å². The number of hydrogen-bond donors (Lipinski definition) is 0. The molecule has 0 spiro atoms. The maximum absolute atomic E-state index is 13.6. The van der Waals surface area contributed by atoms with Crippen LogP contribution in [0.1, 0.15) is 67.4 Å². The molecular weight excluding hydrogens is 430 g/mol. The number of carbonyl (C=O) groups excluding carboxylic acids is 1. The van der Waals surface area contributed by atoms with Gasteiger partial charge in [0.15, 0.2) is 5.43 Å². The molecule has 0 fully saturated rings. The monoisotopic (exact) mass is 463 g/mol. The summed E-state index contributed by atoms with van der Waals surface area (Å²) in [6.45, 7) is 11.7. The van der Waals surface area contributed by atoms with Crippen molar-refractivity contribution in [3.05, 3.63) is 75.1 Å². The average molecular weight is 464 g/mol. The normalized spacial score (nSPS) is 15.6. The molecule has 0 saturated heterocycles. The third-order valence-corrected chi connectivity index (χ3v) is 5.89. The van der Waals surface area contributed by atoms with Crippen molar-refractivity contribution in [1.29, 1.82) is 0 Å². The number of benzene rings is 2. The van der Waals surface area contributed by atoms with Crippen molar-refractivity contribution in [2.75, 3.05) is 19.8 Å². The Labute approximate surface area is 200 Å². The zero-order valence-electron chi connectivity index (χ0n) is 20.6. The zero-order chi connectivity index (χ0) is 24.4. The van der Waals surface area contributed by atoms with E-state index in [9.17, 15) is 9.59 Å². The van der Waals surface area contributed by atoms with Crippen LogP contribution < -0.4 is 10.2 Å². The number of carbonyl (C=O) groups is 1. The second-order valence-corrected chi connectivity index (χ2v) is 9.62.